The highest BCUT2D eigenvalue weighted by Gasteiger charge is 2.28. The maximum atomic E-state index is 12.5. The minimum Gasteiger partial charge on any atom is -0.465 e. The van der Waals surface area contributed by atoms with E-state index in [9.17, 15) is 19.7 Å². The van der Waals surface area contributed by atoms with Crippen LogP contribution >= 0.6 is 11.3 Å². The summed E-state index contributed by atoms with van der Waals surface area (Å²) in [5.74, 6) is -0.974. The summed E-state index contributed by atoms with van der Waals surface area (Å²) in [4.78, 5) is 36.2. The highest BCUT2D eigenvalue weighted by atomic mass is 32.1. The molecule has 0 bridgehead atoms. The number of fused-ring (bicyclic) bond motifs is 1. The van der Waals surface area contributed by atoms with Crippen molar-refractivity contribution in [3.63, 3.8) is 0 Å². The number of thiophene rings is 1. The molecule has 1 heterocycles. The summed E-state index contributed by atoms with van der Waals surface area (Å²) in [7, 11) is 1.30. The fourth-order valence-electron chi connectivity index (χ4n) is 2.93. The second-order valence-electron chi connectivity index (χ2n) is 5.77. The maximum absolute atomic E-state index is 12.5. The molecule has 130 valence electrons. The van der Waals surface area contributed by atoms with Gasteiger partial charge in [-0.1, -0.05) is 6.07 Å². The SMILES string of the molecule is COC(=O)c1c(NC(=O)c2ccc(C)c([N+](=O)[O-])c2)sc2c1CCC2. The Kier molecular flexibility index (Phi) is 4.54. The van der Waals surface area contributed by atoms with Gasteiger partial charge in [0.1, 0.15) is 5.00 Å². The van der Waals surface area contributed by atoms with Crippen LogP contribution in [0.15, 0.2) is 18.2 Å². The molecular formula is C17H16N2O5S. The number of nitrogens with one attached hydrogen (secondary N) is 1. The predicted molar refractivity (Wildman–Crippen MR) is 93.5 cm³/mol. The molecule has 0 aliphatic heterocycles. The molecule has 1 amide bonds. The quantitative estimate of drug-likeness (QED) is 0.511. The molecule has 1 aliphatic rings. The van der Waals surface area contributed by atoms with Crippen LogP contribution in [0.5, 0.6) is 0 Å². The van der Waals surface area contributed by atoms with E-state index in [1.807, 2.05) is 0 Å². The third-order valence-corrected chi connectivity index (χ3v) is 5.41. The van der Waals surface area contributed by atoms with Gasteiger partial charge in [0.15, 0.2) is 0 Å². The van der Waals surface area contributed by atoms with Gasteiger partial charge in [0.2, 0.25) is 0 Å². The lowest BCUT2D eigenvalue weighted by Gasteiger charge is -2.07. The zero-order valence-electron chi connectivity index (χ0n) is 13.8. The molecule has 2 aromatic rings. The molecule has 1 aromatic heterocycles. The number of ether oxygens (including phenoxy) is 1. The number of carbonyl (C=O) groups is 2. The molecule has 1 aliphatic carbocycles. The van der Waals surface area contributed by atoms with Crippen molar-refractivity contribution in [2.24, 2.45) is 0 Å². The van der Waals surface area contributed by atoms with Gasteiger partial charge < -0.3 is 10.1 Å². The second-order valence-corrected chi connectivity index (χ2v) is 6.87. The Morgan fingerprint density at radius 1 is 1.32 bits per heavy atom. The van der Waals surface area contributed by atoms with Gasteiger partial charge in [0.25, 0.3) is 11.6 Å². The Balaban J connectivity index is 1.93. The summed E-state index contributed by atoms with van der Waals surface area (Å²) in [5, 5.41) is 14.2. The van der Waals surface area contributed by atoms with E-state index in [-0.39, 0.29) is 11.3 Å². The number of hydrogen-bond acceptors (Lipinski definition) is 6. The number of methoxy groups -OCH3 is 1. The van der Waals surface area contributed by atoms with E-state index in [0.29, 0.717) is 16.1 Å². The van der Waals surface area contributed by atoms with Crippen molar-refractivity contribution in [1.29, 1.82) is 0 Å². The normalized spacial score (nSPS) is 12.6. The molecule has 0 atom stereocenters. The fourth-order valence-corrected chi connectivity index (χ4v) is 4.21. The van der Waals surface area contributed by atoms with Crippen LogP contribution in [-0.2, 0) is 17.6 Å². The number of benzene rings is 1. The van der Waals surface area contributed by atoms with Crippen LogP contribution in [-0.4, -0.2) is 23.9 Å². The van der Waals surface area contributed by atoms with E-state index in [4.69, 9.17) is 4.74 Å². The van der Waals surface area contributed by atoms with Gasteiger partial charge in [-0.15, -0.1) is 11.3 Å². The van der Waals surface area contributed by atoms with E-state index in [2.05, 4.69) is 5.32 Å². The van der Waals surface area contributed by atoms with Crippen LogP contribution in [0.2, 0.25) is 0 Å². The average Bonchev–Trinajstić information content (AvgIpc) is 3.14. The summed E-state index contributed by atoms with van der Waals surface area (Å²) < 4.78 is 4.84. The van der Waals surface area contributed by atoms with Crippen molar-refractivity contribution < 1.29 is 19.2 Å². The molecular weight excluding hydrogens is 344 g/mol. The number of nitro groups is 1. The van der Waals surface area contributed by atoms with Gasteiger partial charge in [-0.2, -0.15) is 0 Å². The first-order valence-corrected chi connectivity index (χ1v) is 8.53. The first kappa shape index (κ1) is 17.1. The van der Waals surface area contributed by atoms with E-state index < -0.39 is 16.8 Å². The fraction of sp³-hybridized carbons (Fsp3) is 0.294. The Morgan fingerprint density at radius 3 is 2.76 bits per heavy atom. The van der Waals surface area contributed by atoms with Crippen molar-refractivity contribution in [3.8, 4) is 0 Å². The lowest BCUT2D eigenvalue weighted by Crippen LogP contribution is -2.15. The maximum Gasteiger partial charge on any atom is 0.341 e. The van der Waals surface area contributed by atoms with Crippen LogP contribution in [0.25, 0.3) is 0 Å². The Morgan fingerprint density at radius 2 is 2.08 bits per heavy atom. The highest BCUT2D eigenvalue weighted by molar-refractivity contribution is 7.17. The van der Waals surface area contributed by atoms with Crippen molar-refractivity contribution in [2.75, 3.05) is 12.4 Å². The Bertz CT molecular complexity index is 887. The third kappa shape index (κ3) is 3.12. The number of hydrogen-bond donors (Lipinski definition) is 1. The molecule has 8 heteroatoms. The Hall–Kier alpha value is -2.74. The van der Waals surface area contributed by atoms with E-state index in [1.54, 1.807) is 6.92 Å². The number of nitrogens with zero attached hydrogens (tertiary/aromatic N) is 1. The number of anilines is 1. The minimum absolute atomic E-state index is 0.116. The van der Waals surface area contributed by atoms with E-state index in [1.165, 1.54) is 36.6 Å². The third-order valence-electron chi connectivity index (χ3n) is 4.21. The summed E-state index contributed by atoms with van der Waals surface area (Å²) in [5.41, 5.74) is 1.86. The first-order chi connectivity index (χ1) is 11.9. The molecule has 0 radical (unpaired) electrons. The monoisotopic (exact) mass is 360 g/mol. The van der Waals surface area contributed by atoms with Gasteiger partial charge >= 0.3 is 5.97 Å². The zero-order chi connectivity index (χ0) is 18.1. The number of aryl methyl sites for hydroxylation is 2. The van der Waals surface area contributed by atoms with Crippen LogP contribution < -0.4 is 5.32 Å². The Labute approximate surface area is 147 Å². The van der Waals surface area contributed by atoms with Crippen molar-refractivity contribution >= 4 is 33.9 Å². The molecule has 0 unspecified atom stereocenters. The highest BCUT2D eigenvalue weighted by Crippen LogP contribution is 2.39. The predicted octanol–water partition coefficient (Wildman–Crippen LogP) is 3.49. The first-order valence-electron chi connectivity index (χ1n) is 7.71. The van der Waals surface area contributed by atoms with Crippen molar-refractivity contribution in [3.05, 3.63) is 55.4 Å². The number of esters is 1. The smallest absolute Gasteiger partial charge is 0.341 e. The largest absolute Gasteiger partial charge is 0.465 e. The molecule has 25 heavy (non-hydrogen) atoms. The molecule has 0 fully saturated rings. The zero-order valence-corrected chi connectivity index (χ0v) is 14.6. The van der Waals surface area contributed by atoms with Crippen molar-refractivity contribution in [2.45, 2.75) is 26.2 Å². The van der Waals surface area contributed by atoms with Crippen LogP contribution in [0.1, 0.15) is 43.1 Å². The van der Waals surface area contributed by atoms with Crippen molar-refractivity contribution in [1.82, 2.24) is 0 Å². The van der Waals surface area contributed by atoms with Gasteiger partial charge in [-0.3, -0.25) is 14.9 Å². The summed E-state index contributed by atoms with van der Waals surface area (Å²) in [6.45, 7) is 1.61. The molecule has 1 N–H and O–H groups in total. The second kappa shape index (κ2) is 6.64. The molecule has 1 aromatic carbocycles. The number of rotatable bonds is 4. The van der Waals surface area contributed by atoms with Gasteiger partial charge in [0, 0.05) is 22.1 Å². The molecule has 7 nitrogen and oxygen atoms in total. The topological polar surface area (TPSA) is 98.5 Å². The average molecular weight is 360 g/mol. The van der Waals surface area contributed by atoms with Crippen LogP contribution in [0.4, 0.5) is 10.7 Å². The summed E-state index contributed by atoms with van der Waals surface area (Å²) in [6, 6.07) is 4.29. The number of amides is 1. The molecule has 0 spiro atoms. The van der Waals surface area contributed by atoms with Crippen LogP contribution in [0.3, 0.4) is 0 Å². The molecule has 3 rings (SSSR count). The molecule has 0 saturated heterocycles. The number of nitro benzene ring substituents is 1. The lowest BCUT2D eigenvalue weighted by atomic mass is 10.1. The number of carbonyl (C=O) groups excluding carboxylic acids is 2. The van der Waals surface area contributed by atoms with E-state index >= 15 is 0 Å². The van der Waals surface area contributed by atoms with Gasteiger partial charge in [0.05, 0.1) is 17.6 Å². The standard InChI is InChI=1S/C17H16N2O5S/c1-9-6-7-10(8-12(9)19(22)23)15(20)18-16-14(17(21)24-2)11-4-3-5-13(11)25-16/h6-8H,3-5H2,1-2H3,(H,18,20). The van der Waals surface area contributed by atoms with Gasteiger partial charge in [-0.05, 0) is 37.8 Å². The van der Waals surface area contributed by atoms with Gasteiger partial charge in [-0.25, -0.2) is 4.79 Å². The minimum atomic E-state index is -0.522. The molecule has 0 saturated carbocycles. The summed E-state index contributed by atoms with van der Waals surface area (Å²) >= 11 is 1.36. The summed E-state index contributed by atoms with van der Waals surface area (Å²) in [6.07, 6.45) is 2.63. The lowest BCUT2D eigenvalue weighted by molar-refractivity contribution is -0.385. The van der Waals surface area contributed by atoms with E-state index in [0.717, 1.165) is 29.7 Å². The van der Waals surface area contributed by atoms with Crippen LogP contribution in [0, 0.1) is 17.0 Å².